The summed E-state index contributed by atoms with van der Waals surface area (Å²) >= 11 is 0. The number of hydrogen-bond acceptors (Lipinski definition) is 1. The van der Waals surface area contributed by atoms with Crippen LogP contribution in [-0.2, 0) is 6.42 Å². The summed E-state index contributed by atoms with van der Waals surface area (Å²) in [5.41, 5.74) is 1.54. The molecular formula is C18H24O. The Morgan fingerprint density at radius 3 is 2.42 bits per heavy atom. The topological polar surface area (TPSA) is 20.2 Å². The van der Waals surface area contributed by atoms with Gasteiger partial charge < -0.3 is 5.11 Å². The average molecular weight is 256 g/mol. The Kier molecular flexibility index (Phi) is 4.26. The number of benzene rings is 2. The fourth-order valence-electron chi connectivity index (χ4n) is 2.43. The van der Waals surface area contributed by atoms with Crippen LogP contribution in [0.4, 0.5) is 0 Å². The van der Waals surface area contributed by atoms with Crippen molar-refractivity contribution in [1.82, 2.24) is 0 Å². The first-order chi connectivity index (χ1) is 8.96. The summed E-state index contributed by atoms with van der Waals surface area (Å²) in [5, 5.41) is 12.7. The maximum atomic E-state index is 10.2. The molecule has 0 amide bonds. The summed E-state index contributed by atoms with van der Waals surface area (Å²) < 4.78 is 0. The van der Waals surface area contributed by atoms with Crippen LogP contribution in [0.3, 0.4) is 0 Å². The van der Waals surface area contributed by atoms with Crippen molar-refractivity contribution in [3.05, 3.63) is 48.0 Å². The molecule has 0 aliphatic heterocycles. The van der Waals surface area contributed by atoms with E-state index in [1.54, 1.807) is 0 Å². The van der Waals surface area contributed by atoms with Gasteiger partial charge in [-0.3, -0.25) is 0 Å². The SMILES string of the molecule is CC(C)(C)CCC(O)Cc1cccc2ccccc12. The lowest BCUT2D eigenvalue weighted by molar-refractivity contribution is 0.146. The first-order valence-corrected chi connectivity index (χ1v) is 7.10. The maximum Gasteiger partial charge on any atom is 0.0581 e. The Bertz CT molecular complexity index is 531. The van der Waals surface area contributed by atoms with E-state index in [1.165, 1.54) is 16.3 Å². The highest BCUT2D eigenvalue weighted by Gasteiger charge is 2.14. The molecule has 0 fully saturated rings. The Balaban J connectivity index is 2.09. The van der Waals surface area contributed by atoms with Crippen molar-refractivity contribution in [3.8, 4) is 0 Å². The molecule has 1 heteroatoms. The van der Waals surface area contributed by atoms with E-state index in [9.17, 15) is 5.11 Å². The van der Waals surface area contributed by atoms with Gasteiger partial charge in [0.2, 0.25) is 0 Å². The second-order valence-corrected chi connectivity index (χ2v) is 6.60. The molecule has 2 aromatic carbocycles. The zero-order valence-corrected chi connectivity index (χ0v) is 12.2. The molecule has 0 radical (unpaired) electrons. The highest BCUT2D eigenvalue weighted by atomic mass is 16.3. The first-order valence-electron chi connectivity index (χ1n) is 7.10. The molecule has 2 rings (SSSR count). The lowest BCUT2D eigenvalue weighted by Gasteiger charge is -2.20. The average Bonchev–Trinajstić information content (AvgIpc) is 2.36. The molecule has 1 atom stereocenters. The minimum Gasteiger partial charge on any atom is -0.393 e. The summed E-state index contributed by atoms with van der Waals surface area (Å²) in [5.74, 6) is 0. The monoisotopic (exact) mass is 256 g/mol. The van der Waals surface area contributed by atoms with Gasteiger partial charge >= 0.3 is 0 Å². The predicted molar refractivity (Wildman–Crippen MR) is 82.3 cm³/mol. The number of aliphatic hydroxyl groups excluding tert-OH is 1. The van der Waals surface area contributed by atoms with Crippen molar-refractivity contribution in [3.63, 3.8) is 0 Å². The molecule has 0 spiro atoms. The highest BCUT2D eigenvalue weighted by Crippen LogP contribution is 2.24. The first kappa shape index (κ1) is 14.1. The van der Waals surface area contributed by atoms with Gasteiger partial charge in [0, 0.05) is 0 Å². The van der Waals surface area contributed by atoms with Crippen LogP contribution in [0.1, 0.15) is 39.2 Å². The molecule has 1 nitrogen and oxygen atoms in total. The largest absolute Gasteiger partial charge is 0.393 e. The fourth-order valence-corrected chi connectivity index (χ4v) is 2.43. The van der Waals surface area contributed by atoms with Gasteiger partial charge in [-0.25, -0.2) is 0 Å². The zero-order valence-electron chi connectivity index (χ0n) is 12.2. The molecular weight excluding hydrogens is 232 g/mol. The molecule has 19 heavy (non-hydrogen) atoms. The van der Waals surface area contributed by atoms with Crippen LogP contribution < -0.4 is 0 Å². The van der Waals surface area contributed by atoms with Crippen LogP contribution in [0.2, 0.25) is 0 Å². The van der Waals surface area contributed by atoms with Gasteiger partial charge in [-0.15, -0.1) is 0 Å². The van der Waals surface area contributed by atoms with Gasteiger partial charge in [0.05, 0.1) is 6.10 Å². The van der Waals surface area contributed by atoms with Crippen LogP contribution in [0.5, 0.6) is 0 Å². The Hall–Kier alpha value is -1.34. The third-order valence-electron chi connectivity index (χ3n) is 3.56. The smallest absolute Gasteiger partial charge is 0.0581 e. The summed E-state index contributed by atoms with van der Waals surface area (Å²) in [6.45, 7) is 6.66. The summed E-state index contributed by atoms with van der Waals surface area (Å²) in [7, 11) is 0. The summed E-state index contributed by atoms with van der Waals surface area (Å²) in [6.07, 6.45) is 2.42. The number of aliphatic hydroxyl groups is 1. The molecule has 0 saturated carbocycles. The van der Waals surface area contributed by atoms with Crippen LogP contribution in [0.25, 0.3) is 10.8 Å². The van der Waals surface area contributed by atoms with E-state index in [4.69, 9.17) is 0 Å². The van der Waals surface area contributed by atoms with Crippen molar-refractivity contribution in [2.45, 2.75) is 46.1 Å². The molecule has 2 aromatic rings. The van der Waals surface area contributed by atoms with Crippen LogP contribution in [-0.4, -0.2) is 11.2 Å². The third-order valence-corrected chi connectivity index (χ3v) is 3.56. The Morgan fingerprint density at radius 2 is 1.68 bits per heavy atom. The quantitative estimate of drug-likeness (QED) is 0.849. The van der Waals surface area contributed by atoms with Crippen LogP contribution in [0, 0.1) is 5.41 Å². The number of rotatable bonds is 4. The fraction of sp³-hybridized carbons (Fsp3) is 0.444. The van der Waals surface area contributed by atoms with Crippen LogP contribution >= 0.6 is 0 Å². The number of fused-ring (bicyclic) bond motifs is 1. The molecule has 0 bridgehead atoms. The Morgan fingerprint density at radius 1 is 1.00 bits per heavy atom. The van der Waals surface area contributed by atoms with Crippen molar-refractivity contribution in [2.75, 3.05) is 0 Å². The van der Waals surface area contributed by atoms with Gasteiger partial charge in [0.15, 0.2) is 0 Å². The van der Waals surface area contributed by atoms with E-state index >= 15 is 0 Å². The molecule has 0 aliphatic carbocycles. The Labute approximate surface area is 116 Å². The van der Waals surface area contributed by atoms with Gasteiger partial charge in [0.1, 0.15) is 0 Å². The molecule has 102 valence electrons. The van der Waals surface area contributed by atoms with Gasteiger partial charge in [-0.05, 0) is 41.0 Å². The van der Waals surface area contributed by atoms with E-state index in [2.05, 4.69) is 63.2 Å². The van der Waals surface area contributed by atoms with E-state index in [1.807, 2.05) is 0 Å². The zero-order chi connectivity index (χ0) is 13.9. The van der Waals surface area contributed by atoms with E-state index in [0.29, 0.717) is 5.41 Å². The molecule has 0 aromatic heterocycles. The van der Waals surface area contributed by atoms with E-state index in [-0.39, 0.29) is 6.10 Å². The van der Waals surface area contributed by atoms with Crippen molar-refractivity contribution in [2.24, 2.45) is 5.41 Å². The normalized spacial score (nSPS) is 13.7. The second kappa shape index (κ2) is 5.75. The lowest BCUT2D eigenvalue weighted by Crippen LogP contribution is -2.15. The van der Waals surface area contributed by atoms with Crippen LogP contribution in [0.15, 0.2) is 42.5 Å². The minimum atomic E-state index is -0.245. The molecule has 0 aliphatic rings. The molecule has 1 unspecified atom stereocenters. The van der Waals surface area contributed by atoms with Crippen molar-refractivity contribution in [1.29, 1.82) is 0 Å². The highest BCUT2D eigenvalue weighted by molar-refractivity contribution is 5.85. The molecule has 0 heterocycles. The third kappa shape index (κ3) is 4.07. The minimum absolute atomic E-state index is 0.245. The van der Waals surface area contributed by atoms with Crippen molar-refractivity contribution >= 4 is 10.8 Å². The van der Waals surface area contributed by atoms with Crippen molar-refractivity contribution < 1.29 is 5.11 Å². The second-order valence-electron chi connectivity index (χ2n) is 6.60. The lowest BCUT2D eigenvalue weighted by atomic mass is 9.88. The molecule has 0 saturated heterocycles. The summed E-state index contributed by atoms with van der Waals surface area (Å²) in [4.78, 5) is 0. The number of hydrogen-bond donors (Lipinski definition) is 1. The summed E-state index contributed by atoms with van der Waals surface area (Å²) in [6, 6.07) is 14.7. The van der Waals surface area contributed by atoms with Gasteiger partial charge in [-0.2, -0.15) is 0 Å². The molecule has 1 N–H and O–H groups in total. The van der Waals surface area contributed by atoms with E-state index < -0.39 is 0 Å². The standard InChI is InChI=1S/C18H24O/c1-18(2,3)12-11-16(19)13-15-9-6-8-14-7-4-5-10-17(14)15/h4-10,16,19H,11-13H2,1-3H3. The van der Waals surface area contributed by atoms with Gasteiger partial charge in [0.25, 0.3) is 0 Å². The van der Waals surface area contributed by atoms with E-state index in [0.717, 1.165) is 19.3 Å². The maximum absolute atomic E-state index is 10.2. The predicted octanol–water partition coefficient (Wildman–Crippen LogP) is 4.57. The van der Waals surface area contributed by atoms with Gasteiger partial charge in [-0.1, -0.05) is 63.2 Å².